The third-order valence-electron chi connectivity index (χ3n) is 2.81. The Morgan fingerprint density at radius 1 is 0.812 bits per heavy atom. The van der Waals surface area contributed by atoms with E-state index in [4.69, 9.17) is 20.4 Å². The molecule has 16 heavy (non-hydrogen) atoms. The van der Waals surface area contributed by atoms with Crippen molar-refractivity contribution in [3.63, 3.8) is 0 Å². The second kappa shape index (κ2) is 8.93. The van der Waals surface area contributed by atoms with Crippen LogP contribution in [0, 0.1) is 0 Å². The maximum absolute atomic E-state index is 9.12. The molecule has 0 aromatic carbocycles. The molecule has 0 aliphatic carbocycles. The molecule has 98 valence electrons. The molecule has 0 unspecified atom stereocenters. The van der Waals surface area contributed by atoms with Crippen LogP contribution in [-0.4, -0.2) is 32.5 Å². The highest BCUT2D eigenvalue weighted by Crippen LogP contribution is 2.16. The maximum Gasteiger partial charge on any atom is 0.215 e. The quantitative estimate of drug-likeness (QED) is 0.341. The van der Waals surface area contributed by atoms with Crippen molar-refractivity contribution in [2.24, 2.45) is 0 Å². The highest BCUT2D eigenvalue weighted by atomic mass is 16.6. The fraction of sp³-hybridized carbons (Fsp3) is 1.00. The molecular formula is C12H26O4. The van der Waals surface area contributed by atoms with Gasteiger partial charge in [0, 0.05) is 6.42 Å². The van der Waals surface area contributed by atoms with E-state index in [0.717, 1.165) is 12.8 Å². The molecular weight excluding hydrogens is 208 g/mol. The van der Waals surface area contributed by atoms with Crippen LogP contribution < -0.4 is 0 Å². The molecule has 0 bridgehead atoms. The predicted molar refractivity (Wildman–Crippen MR) is 62.6 cm³/mol. The average molecular weight is 234 g/mol. The summed E-state index contributed by atoms with van der Waals surface area (Å²) >= 11 is 0. The van der Waals surface area contributed by atoms with Crippen LogP contribution in [0.25, 0.3) is 0 Å². The molecule has 0 amide bonds. The molecule has 0 heterocycles. The van der Waals surface area contributed by atoms with Crippen molar-refractivity contribution in [2.45, 2.75) is 76.8 Å². The Morgan fingerprint density at radius 3 is 1.69 bits per heavy atom. The molecule has 0 fully saturated rings. The first-order valence-electron chi connectivity index (χ1n) is 6.31. The van der Waals surface area contributed by atoms with E-state index in [1.54, 1.807) is 0 Å². The summed E-state index contributed by atoms with van der Waals surface area (Å²) in [4.78, 5) is 0. The van der Waals surface area contributed by atoms with Crippen LogP contribution in [0.5, 0.6) is 0 Å². The smallest absolute Gasteiger partial charge is 0.215 e. The molecule has 0 rings (SSSR count). The Bertz CT molecular complexity index is 157. The molecule has 0 atom stereocenters. The van der Waals surface area contributed by atoms with Gasteiger partial charge in [0.05, 0.1) is 0 Å². The van der Waals surface area contributed by atoms with E-state index in [1.165, 1.54) is 32.1 Å². The minimum absolute atomic E-state index is 0.0135. The molecule has 0 aliphatic rings. The lowest BCUT2D eigenvalue weighted by molar-refractivity contribution is -0.292. The third-order valence-corrected chi connectivity index (χ3v) is 2.81. The van der Waals surface area contributed by atoms with E-state index in [-0.39, 0.29) is 6.42 Å². The lowest BCUT2D eigenvalue weighted by Gasteiger charge is -2.23. The van der Waals surface area contributed by atoms with Gasteiger partial charge in [0.1, 0.15) is 0 Å². The highest BCUT2D eigenvalue weighted by molar-refractivity contribution is 4.66. The molecule has 0 aromatic heterocycles. The first-order valence-corrected chi connectivity index (χ1v) is 6.31. The van der Waals surface area contributed by atoms with Crippen molar-refractivity contribution < 1.29 is 20.4 Å². The van der Waals surface area contributed by atoms with Crippen LogP contribution in [0.3, 0.4) is 0 Å². The van der Waals surface area contributed by atoms with Gasteiger partial charge in [-0.2, -0.15) is 0 Å². The first kappa shape index (κ1) is 15.8. The minimum atomic E-state index is -2.35. The summed E-state index contributed by atoms with van der Waals surface area (Å²) in [7, 11) is 0. The SMILES string of the molecule is CCCCCCCCCCC(O)(O)C(O)O. The minimum Gasteiger partial charge on any atom is -0.364 e. The van der Waals surface area contributed by atoms with Crippen LogP contribution in [0.15, 0.2) is 0 Å². The summed E-state index contributed by atoms with van der Waals surface area (Å²) in [5.74, 6) is -2.35. The van der Waals surface area contributed by atoms with Gasteiger partial charge in [0.2, 0.25) is 12.1 Å². The highest BCUT2D eigenvalue weighted by Gasteiger charge is 2.30. The second-order valence-electron chi connectivity index (χ2n) is 4.48. The average Bonchev–Trinajstić information content (AvgIpc) is 2.21. The largest absolute Gasteiger partial charge is 0.364 e. The van der Waals surface area contributed by atoms with Gasteiger partial charge in [-0.25, -0.2) is 0 Å². The van der Waals surface area contributed by atoms with Gasteiger partial charge in [-0.3, -0.25) is 0 Å². The predicted octanol–water partition coefficient (Wildman–Crippen LogP) is 1.51. The zero-order valence-corrected chi connectivity index (χ0v) is 10.2. The maximum atomic E-state index is 9.12. The van der Waals surface area contributed by atoms with Crippen molar-refractivity contribution in [3.05, 3.63) is 0 Å². The number of rotatable bonds is 10. The van der Waals surface area contributed by atoms with Crippen molar-refractivity contribution in [1.29, 1.82) is 0 Å². The van der Waals surface area contributed by atoms with Crippen LogP contribution >= 0.6 is 0 Å². The molecule has 0 aromatic rings. The summed E-state index contributed by atoms with van der Waals surface area (Å²) in [5, 5.41) is 35.5. The van der Waals surface area contributed by atoms with Crippen molar-refractivity contribution in [3.8, 4) is 0 Å². The zero-order chi connectivity index (χ0) is 12.4. The Labute approximate surface area is 97.9 Å². The van der Waals surface area contributed by atoms with E-state index in [1.807, 2.05) is 0 Å². The van der Waals surface area contributed by atoms with Crippen LogP contribution in [-0.2, 0) is 0 Å². The van der Waals surface area contributed by atoms with E-state index < -0.39 is 12.1 Å². The first-order chi connectivity index (χ1) is 7.50. The molecule has 4 nitrogen and oxygen atoms in total. The molecule has 4 heteroatoms. The van der Waals surface area contributed by atoms with Crippen molar-refractivity contribution >= 4 is 0 Å². The number of aliphatic hydroxyl groups excluding tert-OH is 1. The number of hydrogen-bond acceptors (Lipinski definition) is 4. The van der Waals surface area contributed by atoms with Gasteiger partial charge in [-0.1, -0.05) is 51.9 Å². The Balaban J connectivity index is 3.27. The summed E-state index contributed by atoms with van der Waals surface area (Å²) in [6.45, 7) is 2.18. The number of aliphatic hydroxyl groups is 4. The normalized spacial score (nSPS) is 12.4. The second-order valence-corrected chi connectivity index (χ2v) is 4.48. The van der Waals surface area contributed by atoms with Gasteiger partial charge < -0.3 is 20.4 Å². The Hall–Kier alpha value is -0.160. The molecule has 0 saturated carbocycles. The fourth-order valence-electron chi connectivity index (χ4n) is 1.65. The third kappa shape index (κ3) is 8.05. The van der Waals surface area contributed by atoms with Gasteiger partial charge in [-0.05, 0) is 6.42 Å². The molecule has 0 spiro atoms. The van der Waals surface area contributed by atoms with Crippen LogP contribution in [0.2, 0.25) is 0 Å². The molecule has 0 saturated heterocycles. The Kier molecular flexibility index (Phi) is 8.84. The fourth-order valence-corrected chi connectivity index (χ4v) is 1.65. The van der Waals surface area contributed by atoms with Crippen molar-refractivity contribution in [2.75, 3.05) is 0 Å². The van der Waals surface area contributed by atoms with Crippen LogP contribution in [0.4, 0.5) is 0 Å². The summed E-state index contributed by atoms with van der Waals surface area (Å²) in [6, 6.07) is 0. The summed E-state index contributed by atoms with van der Waals surface area (Å²) in [5.41, 5.74) is 0. The monoisotopic (exact) mass is 234 g/mol. The topological polar surface area (TPSA) is 80.9 Å². The standard InChI is InChI=1S/C12H26O4/c1-2-3-4-5-6-7-8-9-10-12(15,16)11(13)14/h11,13-16H,2-10H2,1H3. The van der Waals surface area contributed by atoms with Crippen LogP contribution in [0.1, 0.15) is 64.7 Å². The van der Waals surface area contributed by atoms with Gasteiger partial charge >= 0.3 is 0 Å². The van der Waals surface area contributed by atoms with E-state index >= 15 is 0 Å². The van der Waals surface area contributed by atoms with E-state index in [2.05, 4.69) is 6.92 Å². The summed E-state index contributed by atoms with van der Waals surface area (Å²) in [6.07, 6.45) is 6.73. The van der Waals surface area contributed by atoms with Gasteiger partial charge in [-0.15, -0.1) is 0 Å². The molecule has 0 aliphatic heterocycles. The zero-order valence-electron chi connectivity index (χ0n) is 10.2. The van der Waals surface area contributed by atoms with E-state index in [0.29, 0.717) is 6.42 Å². The van der Waals surface area contributed by atoms with Gasteiger partial charge in [0.25, 0.3) is 0 Å². The van der Waals surface area contributed by atoms with Gasteiger partial charge in [0.15, 0.2) is 0 Å². The lowest BCUT2D eigenvalue weighted by atomic mass is 10.0. The van der Waals surface area contributed by atoms with E-state index in [9.17, 15) is 0 Å². The Morgan fingerprint density at radius 2 is 1.25 bits per heavy atom. The molecule has 0 radical (unpaired) electrons. The molecule has 4 N–H and O–H groups in total. The summed E-state index contributed by atoms with van der Waals surface area (Å²) < 4.78 is 0. The van der Waals surface area contributed by atoms with Crippen molar-refractivity contribution in [1.82, 2.24) is 0 Å². The number of unbranched alkanes of at least 4 members (excludes halogenated alkanes) is 7. The lowest BCUT2D eigenvalue weighted by Crippen LogP contribution is -2.41. The number of hydrogen-bond donors (Lipinski definition) is 4.